The van der Waals surface area contributed by atoms with Crippen LogP contribution in [0.3, 0.4) is 0 Å². The van der Waals surface area contributed by atoms with Gasteiger partial charge in [-0.1, -0.05) is 0 Å². The Morgan fingerprint density at radius 2 is 1.76 bits per heavy atom. The third-order valence-electron chi connectivity index (χ3n) is 2.02. The molecular weight excluding hydrogens is 224 g/mol. The van der Waals surface area contributed by atoms with Gasteiger partial charge in [0, 0.05) is 25.9 Å². The predicted octanol–water partition coefficient (Wildman–Crippen LogP) is 1.18. The van der Waals surface area contributed by atoms with Crippen molar-refractivity contribution in [3.8, 4) is 0 Å². The minimum atomic E-state index is -0.329. The monoisotopic (exact) mass is 246 g/mol. The molecule has 5 heteroatoms. The van der Waals surface area contributed by atoms with Gasteiger partial charge >= 0.3 is 5.97 Å². The molecule has 0 N–H and O–H groups in total. The quantitative estimate of drug-likeness (QED) is 0.329. The number of carbonyl (C=O) groups excluding carboxylic acids is 1. The molecule has 0 spiro atoms. The van der Waals surface area contributed by atoms with Crippen LogP contribution in [-0.2, 0) is 23.7 Å². The van der Waals surface area contributed by atoms with Crippen LogP contribution in [0.2, 0.25) is 0 Å². The lowest BCUT2D eigenvalue weighted by Crippen LogP contribution is -2.08. The van der Waals surface area contributed by atoms with E-state index in [-0.39, 0.29) is 5.97 Å². The van der Waals surface area contributed by atoms with Crippen LogP contribution in [0.25, 0.3) is 0 Å². The van der Waals surface area contributed by atoms with Crippen molar-refractivity contribution in [3.63, 3.8) is 0 Å². The van der Waals surface area contributed by atoms with Gasteiger partial charge in [-0.05, 0) is 19.4 Å². The molecule has 0 bridgehead atoms. The van der Waals surface area contributed by atoms with Crippen LogP contribution in [-0.4, -0.2) is 53.2 Å². The molecule has 5 nitrogen and oxygen atoms in total. The third kappa shape index (κ3) is 9.99. The van der Waals surface area contributed by atoms with Gasteiger partial charge in [0.25, 0.3) is 0 Å². The number of rotatable bonds is 10. The van der Waals surface area contributed by atoms with E-state index in [2.05, 4.69) is 4.74 Å². The van der Waals surface area contributed by atoms with Gasteiger partial charge in [0.2, 0.25) is 0 Å². The molecule has 0 aromatic heterocycles. The summed E-state index contributed by atoms with van der Waals surface area (Å²) in [6.07, 6.45) is 2.58. The second-order valence-electron chi connectivity index (χ2n) is 3.41. The van der Waals surface area contributed by atoms with Gasteiger partial charge in [-0.15, -0.1) is 0 Å². The largest absolute Gasteiger partial charge is 0.466 e. The highest BCUT2D eigenvalue weighted by Gasteiger charge is 2.01. The molecule has 0 aromatic carbocycles. The molecular formula is C12H22O5. The van der Waals surface area contributed by atoms with Crippen LogP contribution in [0.1, 0.15) is 13.3 Å². The molecule has 0 fully saturated rings. The molecule has 0 saturated carbocycles. The van der Waals surface area contributed by atoms with Crippen molar-refractivity contribution in [1.82, 2.24) is 0 Å². The molecule has 0 amide bonds. The van der Waals surface area contributed by atoms with Crippen LogP contribution in [0, 0.1) is 0 Å². The first kappa shape index (κ1) is 16.1. The fourth-order valence-corrected chi connectivity index (χ4v) is 1.04. The Hall–Kier alpha value is -0.910. The Morgan fingerprint density at radius 1 is 1.06 bits per heavy atom. The summed E-state index contributed by atoms with van der Waals surface area (Å²) in [7, 11) is 3.02. The van der Waals surface area contributed by atoms with Gasteiger partial charge in [0.15, 0.2) is 0 Å². The van der Waals surface area contributed by atoms with E-state index in [0.29, 0.717) is 38.6 Å². The summed E-state index contributed by atoms with van der Waals surface area (Å²) in [6.45, 7) is 4.53. The van der Waals surface area contributed by atoms with Crippen molar-refractivity contribution in [1.29, 1.82) is 0 Å². The van der Waals surface area contributed by atoms with Gasteiger partial charge in [-0.25, -0.2) is 4.79 Å². The fraction of sp³-hybridized carbons (Fsp3) is 0.750. The Balaban J connectivity index is 3.31. The van der Waals surface area contributed by atoms with E-state index < -0.39 is 0 Å². The van der Waals surface area contributed by atoms with Crippen LogP contribution < -0.4 is 0 Å². The number of hydrogen-bond donors (Lipinski definition) is 0. The van der Waals surface area contributed by atoms with Gasteiger partial charge in [-0.3, -0.25) is 0 Å². The van der Waals surface area contributed by atoms with Crippen LogP contribution in [0.5, 0.6) is 0 Å². The molecule has 17 heavy (non-hydrogen) atoms. The topological polar surface area (TPSA) is 54.0 Å². The highest BCUT2D eigenvalue weighted by Crippen LogP contribution is 1.95. The van der Waals surface area contributed by atoms with Crippen molar-refractivity contribution in [2.24, 2.45) is 0 Å². The summed E-state index contributed by atoms with van der Waals surface area (Å²) in [6, 6.07) is 0. The SMILES string of the molecule is COCCCOCCOC/C=C(/C)C(=O)OC. The molecule has 0 unspecified atom stereocenters. The van der Waals surface area contributed by atoms with E-state index in [1.807, 2.05) is 0 Å². The summed E-state index contributed by atoms with van der Waals surface area (Å²) in [4.78, 5) is 11.0. The van der Waals surface area contributed by atoms with E-state index in [0.717, 1.165) is 6.42 Å². The average molecular weight is 246 g/mol. The van der Waals surface area contributed by atoms with Crippen molar-refractivity contribution in [3.05, 3.63) is 11.6 Å². The van der Waals surface area contributed by atoms with Gasteiger partial charge in [0.05, 0.1) is 26.9 Å². The second-order valence-corrected chi connectivity index (χ2v) is 3.41. The second kappa shape index (κ2) is 11.6. The summed E-state index contributed by atoms with van der Waals surface area (Å²) >= 11 is 0. The number of methoxy groups -OCH3 is 2. The number of ether oxygens (including phenoxy) is 4. The minimum Gasteiger partial charge on any atom is -0.466 e. The zero-order valence-corrected chi connectivity index (χ0v) is 10.9. The Bertz CT molecular complexity index is 225. The van der Waals surface area contributed by atoms with Crippen molar-refractivity contribution in [2.45, 2.75) is 13.3 Å². The summed E-state index contributed by atoms with van der Waals surface area (Å²) in [5, 5.41) is 0. The smallest absolute Gasteiger partial charge is 0.333 e. The van der Waals surface area contributed by atoms with Gasteiger partial charge in [0.1, 0.15) is 0 Å². The fourth-order valence-electron chi connectivity index (χ4n) is 1.04. The maximum absolute atomic E-state index is 11.0. The van der Waals surface area contributed by atoms with Gasteiger partial charge in [-0.2, -0.15) is 0 Å². The van der Waals surface area contributed by atoms with Crippen molar-refractivity contribution >= 4 is 5.97 Å². The van der Waals surface area contributed by atoms with Gasteiger partial charge < -0.3 is 18.9 Å². The van der Waals surface area contributed by atoms with E-state index in [1.54, 1.807) is 20.1 Å². The first-order valence-corrected chi connectivity index (χ1v) is 5.62. The lowest BCUT2D eigenvalue weighted by molar-refractivity contribution is -0.136. The molecule has 0 rings (SSSR count). The Morgan fingerprint density at radius 3 is 2.41 bits per heavy atom. The number of hydrogen-bond acceptors (Lipinski definition) is 5. The number of esters is 1. The zero-order chi connectivity index (χ0) is 12.9. The Kier molecular flexibility index (Phi) is 11.0. The van der Waals surface area contributed by atoms with E-state index in [1.165, 1.54) is 7.11 Å². The lowest BCUT2D eigenvalue weighted by atomic mass is 10.3. The third-order valence-corrected chi connectivity index (χ3v) is 2.02. The van der Waals surface area contributed by atoms with Crippen molar-refractivity contribution < 1.29 is 23.7 Å². The Labute approximate surface area is 103 Å². The first-order valence-electron chi connectivity index (χ1n) is 5.62. The summed E-state index contributed by atoms with van der Waals surface area (Å²) in [5.41, 5.74) is 0.550. The summed E-state index contributed by atoms with van der Waals surface area (Å²) < 4.78 is 20.0. The molecule has 0 radical (unpaired) electrons. The van der Waals surface area contributed by atoms with E-state index >= 15 is 0 Å². The van der Waals surface area contributed by atoms with Crippen LogP contribution in [0.15, 0.2) is 11.6 Å². The number of carbonyl (C=O) groups is 1. The van der Waals surface area contributed by atoms with Crippen LogP contribution >= 0.6 is 0 Å². The molecule has 0 heterocycles. The highest BCUT2D eigenvalue weighted by atomic mass is 16.5. The summed E-state index contributed by atoms with van der Waals surface area (Å²) in [5.74, 6) is -0.329. The molecule has 0 atom stereocenters. The molecule has 100 valence electrons. The first-order chi connectivity index (χ1) is 8.22. The lowest BCUT2D eigenvalue weighted by Gasteiger charge is -2.04. The zero-order valence-electron chi connectivity index (χ0n) is 10.9. The molecule has 0 aliphatic rings. The molecule has 0 saturated heterocycles. The molecule has 0 aliphatic carbocycles. The van der Waals surface area contributed by atoms with E-state index in [4.69, 9.17) is 14.2 Å². The van der Waals surface area contributed by atoms with Crippen molar-refractivity contribution in [2.75, 3.05) is 47.3 Å². The normalized spacial score (nSPS) is 11.6. The molecule has 0 aromatic rings. The maximum atomic E-state index is 11.0. The van der Waals surface area contributed by atoms with E-state index in [9.17, 15) is 4.79 Å². The minimum absolute atomic E-state index is 0.329. The maximum Gasteiger partial charge on any atom is 0.333 e. The predicted molar refractivity (Wildman–Crippen MR) is 63.9 cm³/mol. The average Bonchev–Trinajstić information content (AvgIpc) is 2.35. The highest BCUT2D eigenvalue weighted by molar-refractivity contribution is 5.87. The standard InChI is InChI=1S/C12H22O5/c1-11(12(13)15-3)5-8-17-10-9-16-7-4-6-14-2/h5H,4,6-10H2,1-3H3/b11-5-. The molecule has 0 aliphatic heterocycles. The van der Waals surface area contributed by atoms with Crippen LogP contribution in [0.4, 0.5) is 0 Å².